The Hall–Kier alpha value is -2.09. The Bertz CT molecular complexity index is 483. The van der Waals surface area contributed by atoms with Gasteiger partial charge in [-0.2, -0.15) is 0 Å². The van der Waals surface area contributed by atoms with Gasteiger partial charge >= 0.3 is 0 Å². The third-order valence-electron chi connectivity index (χ3n) is 2.58. The maximum absolute atomic E-state index is 11.9. The van der Waals surface area contributed by atoms with Gasteiger partial charge in [-0.1, -0.05) is 0 Å². The number of hydrogen-bond donors (Lipinski definition) is 2. The molecule has 0 aliphatic heterocycles. The molecule has 0 saturated heterocycles. The average Bonchev–Trinajstić information content (AvgIpc) is 2.45. The van der Waals surface area contributed by atoms with Crippen LogP contribution in [-0.4, -0.2) is 46.3 Å². The van der Waals surface area contributed by atoms with Gasteiger partial charge in [-0.3, -0.25) is 4.79 Å². The Balaban J connectivity index is 2.61. The fourth-order valence-corrected chi connectivity index (χ4v) is 1.60. The molecule has 1 rings (SSSR count). The van der Waals surface area contributed by atoms with Crippen molar-refractivity contribution in [1.82, 2.24) is 5.32 Å². The summed E-state index contributed by atoms with van der Waals surface area (Å²) >= 11 is 0. The van der Waals surface area contributed by atoms with Crippen molar-refractivity contribution in [2.75, 3.05) is 39.7 Å². The predicted octanol–water partition coefficient (Wildman–Crippen LogP) is 1.30. The molecule has 0 unspecified atom stereocenters. The molecule has 1 amide bonds. The first-order valence-corrected chi connectivity index (χ1v) is 6.15. The summed E-state index contributed by atoms with van der Waals surface area (Å²) in [7, 11) is 2.89. The van der Waals surface area contributed by atoms with E-state index in [9.17, 15) is 13.6 Å². The molecule has 0 aliphatic rings. The van der Waals surface area contributed by atoms with E-state index < -0.39 is 18.9 Å². The number of carbonyl (C=O) groups is 1. The summed E-state index contributed by atoms with van der Waals surface area (Å²) in [6, 6.07) is 2.92. The number of benzene rings is 1. The zero-order valence-electron chi connectivity index (χ0n) is 11.8. The summed E-state index contributed by atoms with van der Waals surface area (Å²) in [5.41, 5.74) is 6.20. The number of hydrogen-bond acceptors (Lipinski definition) is 5. The number of carbonyl (C=O) groups excluding carboxylic acids is 1. The largest absolute Gasteiger partial charge is 0.493 e. The van der Waals surface area contributed by atoms with Crippen LogP contribution in [0, 0.1) is 0 Å². The van der Waals surface area contributed by atoms with Gasteiger partial charge < -0.3 is 25.3 Å². The summed E-state index contributed by atoms with van der Waals surface area (Å²) in [4.78, 5) is 11.9. The van der Waals surface area contributed by atoms with Crippen LogP contribution in [0.4, 0.5) is 14.5 Å². The Morgan fingerprint density at radius 1 is 1.29 bits per heavy atom. The van der Waals surface area contributed by atoms with Crippen LogP contribution in [0.15, 0.2) is 12.1 Å². The third-order valence-corrected chi connectivity index (χ3v) is 2.58. The minimum Gasteiger partial charge on any atom is -0.493 e. The number of ether oxygens (including phenoxy) is 3. The molecular weight excluding hydrogens is 286 g/mol. The molecule has 0 saturated carbocycles. The molecule has 0 radical (unpaired) electrons. The van der Waals surface area contributed by atoms with E-state index in [2.05, 4.69) is 10.1 Å². The number of methoxy groups -OCH3 is 2. The van der Waals surface area contributed by atoms with Crippen LogP contribution in [0.5, 0.6) is 11.5 Å². The second-order valence-corrected chi connectivity index (χ2v) is 4.02. The van der Waals surface area contributed by atoms with Crippen LogP contribution in [0.1, 0.15) is 10.4 Å². The summed E-state index contributed by atoms with van der Waals surface area (Å²) in [5, 5.41) is 2.52. The molecule has 0 bridgehead atoms. The zero-order valence-corrected chi connectivity index (χ0v) is 11.8. The average molecular weight is 304 g/mol. The van der Waals surface area contributed by atoms with Gasteiger partial charge in [0, 0.05) is 18.3 Å². The zero-order chi connectivity index (χ0) is 15.8. The molecule has 8 heteroatoms. The summed E-state index contributed by atoms with van der Waals surface area (Å²) in [6.07, 6.45) is -2.53. The number of nitrogen functional groups attached to an aromatic ring is 1. The number of alkyl halides is 2. The highest BCUT2D eigenvalue weighted by atomic mass is 19.3. The first-order valence-electron chi connectivity index (χ1n) is 6.15. The lowest BCUT2D eigenvalue weighted by molar-refractivity contribution is 0.0188. The summed E-state index contributed by atoms with van der Waals surface area (Å²) in [5.74, 6) is 0.326. The maximum atomic E-state index is 11.9. The molecule has 0 heterocycles. The van der Waals surface area contributed by atoms with Crippen molar-refractivity contribution in [3.05, 3.63) is 17.7 Å². The van der Waals surface area contributed by atoms with Crippen molar-refractivity contribution in [3.63, 3.8) is 0 Å². The molecular formula is C13H18F2N2O4. The van der Waals surface area contributed by atoms with E-state index in [-0.39, 0.29) is 24.4 Å². The van der Waals surface area contributed by atoms with Crippen molar-refractivity contribution in [2.45, 2.75) is 6.43 Å². The van der Waals surface area contributed by atoms with Crippen LogP contribution in [0.25, 0.3) is 0 Å². The second kappa shape index (κ2) is 8.25. The quantitative estimate of drug-likeness (QED) is 0.559. The van der Waals surface area contributed by atoms with Crippen LogP contribution < -0.4 is 20.5 Å². The molecule has 1 aromatic carbocycles. The highest BCUT2D eigenvalue weighted by Crippen LogP contribution is 2.31. The highest BCUT2D eigenvalue weighted by molar-refractivity contribution is 6.00. The smallest absolute Gasteiger partial charge is 0.261 e. The number of amides is 1. The Morgan fingerprint density at radius 3 is 2.48 bits per heavy atom. The third kappa shape index (κ3) is 5.07. The first-order chi connectivity index (χ1) is 9.99. The normalized spacial score (nSPS) is 10.5. The van der Waals surface area contributed by atoms with Gasteiger partial charge in [-0.15, -0.1) is 0 Å². The summed E-state index contributed by atoms with van der Waals surface area (Å²) in [6.45, 7) is -0.572. The molecule has 0 fully saturated rings. The van der Waals surface area contributed by atoms with Crippen LogP contribution >= 0.6 is 0 Å². The number of rotatable bonds is 8. The van der Waals surface area contributed by atoms with E-state index in [1.54, 1.807) is 0 Å². The number of halogens is 2. The minimum atomic E-state index is -2.53. The molecule has 1 aromatic rings. The van der Waals surface area contributed by atoms with Gasteiger partial charge in [-0.05, 0) is 6.07 Å². The van der Waals surface area contributed by atoms with Crippen molar-refractivity contribution in [2.24, 2.45) is 0 Å². The molecule has 6 nitrogen and oxygen atoms in total. The molecule has 0 aliphatic carbocycles. The topological polar surface area (TPSA) is 82.8 Å². The minimum absolute atomic E-state index is 0.0106. The predicted molar refractivity (Wildman–Crippen MR) is 73.1 cm³/mol. The number of nitrogens with one attached hydrogen (secondary N) is 1. The lowest BCUT2D eigenvalue weighted by Gasteiger charge is -2.12. The lowest BCUT2D eigenvalue weighted by Crippen LogP contribution is -2.28. The standard InChI is InChI=1S/C13H18F2N2O4/c1-19-10-5-8(9(16)6-11(10)20-2)13(18)17-3-4-21-7-12(14)15/h5-6,12H,3-4,7,16H2,1-2H3,(H,17,18). The Labute approximate surface area is 121 Å². The summed E-state index contributed by atoms with van der Waals surface area (Å²) < 4.78 is 38.5. The van der Waals surface area contributed by atoms with E-state index in [4.69, 9.17) is 15.2 Å². The van der Waals surface area contributed by atoms with Gasteiger partial charge in [0.15, 0.2) is 11.5 Å². The van der Waals surface area contributed by atoms with E-state index in [1.165, 1.54) is 26.4 Å². The molecule has 21 heavy (non-hydrogen) atoms. The van der Waals surface area contributed by atoms with Crippen molar-refractivity contribution in [3.8, 4) is 11.5 Å². The fraction of sp³-hybridized carbons (Fsp3) is 0.462. The van der Waals surface area contributed by atoms with Gasteiger partial charge in [0.05, 0.1) is 26.4 Å². The van der Waals surface area contributed by atoms with E-state index in [0.29, 0.717) is 11.5 Å². The second-order valence-electron chi connectivity index (χ2n) is 4.02. The van der Waals surface area contributed by atoms with E-state index >= 15 is 0 Å². The van der Waals surface area contributed by atoms with Gasteiger partial charge in [0.2, 0.25) is 0 Å². The van der Waals surface area contributed by atoms with E-state index in [0.717, 1.165) is 0 Å². The van der Waals surface area contributed by atoms with Gasteiger partial charge in [0.1, 0.15) is 6.61 Å². The van der Waals surface area contributed by atoms with Crippen LogP contribution in [-0.2, 0) is 4.74 Å². The Morgan fingerprint density at radius 2 is 1.90 bits per heavy atom. The monoisotopic (exact) mass is 304 g/mol. The SMILES string of the molecule is COc1cc(N)c(C(=O)NCCOCC(F)F)cc1OC. The number of nitrogens with two attached hydrogens (primary N) is 1. The van der Waals surface area contributed by atoms with Crippen LogP contribution in [0.2, 0.25) is 0 Å². The molecule has 118 valence electrons. The highest BCUT2D eigenvalue weighted by Gasteiger charge is 2.15. The van der Waals surface area contributed by atoms with Crippen molar-refractivity contribution < 1.29 is 27.8 Å². The molecule has 0 aromatic heterocycles. The number of anilines is 1. The van der Waals surface area contributed by atoms with Crippen molar-refractivity contribution in [1.29, 1.82) is 0 Å². The van der Waals surface area contributed by atoms with Gasteiger partial charge in [-0.25, -0.2) is 8.78 Å². The lowest BCUT2D eigenvalue weighted by atomic mass is 10.1. The first kappa shape index (κ1) is 17.0. The molecule has 3 N–H and O–H groups in total. The van der Waals surface area contributed by atoms with Crippen LogP contribution in [0.3, 0.4) is 0 Å². The molecule has 0 atom stereocenters. The van der Waals surface area contributed by atoms with Crippen molar-refractivity contribution >= 4 is 11.6 Å². The fourth-order valence-electron chi connectivity index (χ4n) is 1.60. The Kier molecular flexibility index (Phi) is 6.67. The maximum Gasteiger partial charge on any atom is 0.261 e. The van der Waals surface area contributed by atoms with E-state index in [1.807, 2.05) is 0 Å². The van der Waals surface area contributed by atoms with Gasteiger partial charge in [0.25, 0.3) is 12.3 Å². The molecule has 0 spiro atoms.